The summed E-state index contributed by atoms with van der Waals surface area (Å²) in [5.41, 5.74) is 2.26. The Hall–Kier alpha value is -1.75. The number of ether oxygens (including phenoxy) is 2. The van der Waals surface area contributed by atoms with E-state index in [9.17, 15) is 4.79 Å². The molecule has 1 aromatic rings. The van der Waals surface area contributed by atoms with Crippen molar-refractivity contribution in [2.24, 2.45) is 0 Å². The minimum atomic E-state index is -0.175. The molecule has 2 amide bonds. The molecule has 0 aromatic heterocycles. The van der Waals surface area contributed by atoms with Gasteiger partial charge in [-0.1, -0.05) is 12.1 Å². The van der Waals surface area contributed by atoms with E-state index in [2.05, 4.69) is 10.6 Å². The van der Waals surface area contributed by atoms with Crippen LogP contribution in [0.1, 0.15) is 17.5 Å². The van der Waals surface area contributed by atoms with E-state index in [-0.39, 0.29) is 6.03 Å². The molecular weight excluding hydrogens is 256 g/mol. The number of carbonyl (C=O) groups excluding carboxylic acids is 1. The average molecular weight is 280 g/mol. The van der Waals surface area contributed by atoms with Crippen molar-refractivity contribution in [2.45, 2.75) is 20.3 Å². The maximum atomic E-state index is 11.4. The van der Waals surface area contributed by atoms with Crippen LogP contribution in [0.5, 0.6) is 5.75 Å². The monoisotopic (exact) mass is 280 g/mol. The number of hydrogen-bond donors (Lipinski definition) is 2. The molecule has 112 valence electrons. The van der Waals surface area contributed by atoms with Crippen molar-refractivity contribution >= 4 is 6.03 Å². The van der Waals surface area contributed by atoms with Crippen LogP contribution in [-0.2, 0) is 4.74 Å². The zero-order valence-corrected chi connectivity index (χ0v) is 12.5. The van der Waals surface area contributed by atoms with Crippen molar-refractivity contribution in [2.75, 3.05) is 33.4 Å². The van der Waals surface area contributed by atoms with E-state index in [0.717, 1.165) is 23.3 Å². The van der Waals surface area contributed by atoms with Gasteiger partial charge in [0.15, 0.2) is 0 Å². The van der Waals surface area contributed by atoms with Crippen LogP contribution in [0.4, 0.5) is 4.79 Å². The molecule has 0 bridgehead atoms. The van der Waals surface area contributed by atoms with Gasteiger partial charge in [0.25, 0.3) is 0 Å². The van der Waals surface area contributed by atoms with Crippen molar-refractivity contribution in [1.82, 2.24) is 10.6 Å². The molecule has 1 rings (SSSR count). The second kappa shape index (κ2) is 9.20. The smallest absolute Gasteiger partial charge is 0.314 e. The number of rotatable bonds is 8. The fourth-order valence-corrected chi connectivity index (χ4v) is 1.67. The van der Waals surface area contributed by atoms with Crippen LogP contribution in [0.25, 0.3) is 0 Å². The van der Waals surface area contributed by atoms with Crippen LogP contribution in [0, 0.1) is 13.8 Å². The van der Waals surface area contributed by atoms with Gasteiger partial charge in [0.1, 0.15) is 12.4 Å². The Kier molecular flexibility index (Phi) is 7.50. The quantitative estimate of drug-likeness (QED) is 0.716. The van der Waals surface area contributed by atoms with Gasteiger partial charge < -0.3 is 20.1 Å². The molecule has 0 saturated carbocycles. The zero-order chi connectivity index (χ0) is 14.8. The van der Waals surface area contributed by atoms with Crippen molar-refractivity contribution in [3.8, 4) is 5.75 Å². The predicted molar refractivity (Wildman–Crippen MR) is 79.3 cm³/mol. The van der Waals surface area contributed by atoms with Crippen LogP contribution < -0.4 is 15.4 Å². The Morgan fingerprint density at radius 2 is 1.90 bits per heavy atom. The average Bonchev–Trinajstić information content (AvgIpc) is 2.43. The summed E-state index contributed by atoms with van der Waals surface area (Å²) in [5.74, 6) is 0.868. The first-order valence-corrected chi connectivity index (χ1v) is 6.84. The lowest BCUT2D eigenvalue weighted by atomic mass is 10.1. The van der Waals surface area contributed by atoms with Gasteiger partial charge in [-0.25, -0.2) is 4.79 Å². The fourth-order valence-electron chi connectivity index (χ4n) is 1.67. The number of benzene rings is 1. The molecule has 0 atom stereocenters. The molecule has 0 fully saturated rings. The lowest BCUT2D eigenvalue weighted by Gasteiger charge is -2.11. The first kappa shape index (κ1) is 16.3. The van der Waals surface area contributed by atoms with Gasteiger partial charge in [-0.05, 0) is 37.5 Å². The molecule has 5 nitrogen and oxygen atoms in total. The van der Waals surface area contributed by atoms with E-state index in [0.29, 0.717) is 26.3 Å². The highest BCUT2D eigenvalue weighted by molar-refractivity contribution is 5.73. The predicted octanol–water partition coefficient (Wildman–Crippen LogP) is 2.02. The van der Waals surface area contributed by atoms with Crippen molar-refractivity contribution < 1.29 is 14.3 Å². The van der Waals surface area contributed by atoms with E-state index in [1.165, 1.54) is 0 Å². The van der Waals surface area contributed by atoms with E-state index in [1.807, 2.05) is 32.0 Å². The molecule has 5 heteroatoms. The van der Waals surface area contributed by atoms with E-state index in [4.69, 9.17) is 9.47 Å². The molecule has 20 heavy (non-hydrogen) atoms. The number of hydrogen-bond acceptors (Lipinski definition) is 3. The third kappa shape index (κ3) is 6.43. The number of urea groups is 1. The molecule has 0 aliphatic carbocycles. The Bertz CT molecular complexity index is 422. The highest BCUT2D eigenvalue weighted by Crippen LogP contribution is 2.18. The number of amides is 2. The van der Waals surface area contributed by atoms with E-state index >= 15 is 0 Å². The lowest BCUT2D eigenvalue weighted by molar-refractivity contribution is 0.193. The van der Waals surface area contributed by atoms with Crippen molar-refractivity contribution in [3.05, 3.63) is 29.3 Å². The van der Waals surface area contributed by atoms with Gasteiger partial charge in [-0.2, -0.15) is 0 Å². The summed E-state index contributed by atoms with van der Waals surface area (Å²) < 4.78 is 10.5. The minimum Gasteiger partial charge on any atom is -0.491 e. The molecule has 0 radical (unpaired) electrons. The summed E-state index contributed by atoms with van der Waals surface area (Å²) in [6.07, 6.45) is 0.808. The molecule has 0 unspecified atom stereocenters. The molecule has 0 spiro atoms. The summed E-state index contributed by atoms with van der Waals surface area (Å²) in [6, 6.07) is 5.90. The SMILES string of the molecule is COCCCNC(=O)NCCOc1cc(C)ccc1C. The molecular formula is C15H24N2O3. The van der Waals surface area contributed by atoms with Crippen LogP contribution in [0.3, 0.4) is 0 Å². The highest BCUT2D eigenvalue weighted by Gasteiger charge is 2.01. The standard InChI is InChI=1S/C15H24N2O3/c1-12-5-6-13(2)14(11-12)20-10-8-17-15(18)16-7-4-9-19-3/h5-6,11H,4,7-10H2,1-3H3,(H2,16,17,18). The highest BCUT2D eigenvalue weighted by atomic mass is 16.5. The van der Waals surface area contributed by atoms with Gasteiger partial charge in [0.05, 0.1) is 6.54 Å². The third-order valence-electron chi connectivity index (χ3n) is 2.80. The summed E-state index contributed by atoms with van der Waals surface area (Å²) in [6.45, 7) is 6.22. The van der Waals surface area contributed by atoms with Crippen LogP contribution >= 0.6 is 0 Å². The molecule has 0 heterocycles. The normalized spacial score (nSPS) is 10.2. The lowest BCUT2D eigenvalue weighted by Crippen LogP contribution is -2.38. The fraction of sp³-hybridized carbons (Fsp3) is 0.533. The summed E-state index contributed by atoms with van der Waals surface area (Å²) >= 11 is 0. The van der Waals surface area contributed by atoms with Crippen molar-refractivity contribution in [1.29, 1.82) is 0 Å². The first-order valence-electron chi connectivity index (χ1n) is 6.84. The van der Waals surface area contributed by atoms with Gasteiger partial charge in [0, 0.05) is 20.3 Å². The first-order chi connectivity index (χ1) is 9.63. The van der Waals surface area contributed by atoms with Gasteiger partial charge >= 0.3 is 6.03 Å². The number of carbonyl (C=O) groups is 1. The van der Waals surface area contributed by atoms with Crippen LogP contribution in [0.2, 0.25) is 0 Å². The maximum Gasteiger partial charge on any atom is 0.314 e. The third-order valence-corrected chi connectivity index (χ3v) is 2.80. The van der Waals surface area contributed by atoms with Crippen LogP contribution in [-0.4, -0.2) is 39.4 Å². The number of nitrogens with one attached hydrogen (secondary N) is 2. The topological polar surface area (TPSA) is 59.6 Å². The second-order valence-electron chi connectivity index (χ2n) is 4.65. The number of methoxy groups -OCH3 is 1. The minimum absolute atomic E-state index is 0.175. The van der Waals surface area contributed by atoms with E-state index < -0.39 is 0 Å². The molecule has 0 aliphatic heterocycles. The van der Waals surface area contributed by atoms with Crippen LogP contribution in [0.15, 0.2) is 18.2 Å². The summed E-state index contributed by atoms with van der Waals surface area (Å²) in [4.78, 5) is 11.4. The van der Waals surface area contributed by atoms with E-state index in [1.54, 1.807) is 7.11 Å². The zero-order valence-electron chi connectivity index (χ0n) is 12.5. The second-order valence-corrected chi connectivity index (χ2v) is 4.65. The van der Waals surface area contributed by atoms with Gasteiger partial charge in [0.2, 0.25) is 0 Å². The molecule has 0 aliphatic rings. The largest absolute Gasteiger partial charge is 0.491 e. The number of aryl methyl sites for hydroxylation is 2. The van der Waals surface area contributed by atoms with Gasteiger partial charge in [-0.3, -0.25) is 0 Å². The Morgan fingerprint density at radius 1 is 1.15 bits per heavy atom. The van der Waals surface area contributed by atoms with Crippen molar-refractivity contribution in [3.63, 3.8) is 0 Å². The Labute approximate surface area is 120 Å². The maximum absolute atomic E-state index is 11.4. The molecule has 0 saturated heterocycles. The summed E-state index contributed by atoms with van der Waals surface area (Å²) in [5, 5.41) is 5.50. The molecule has 2 N–H and O–H groups in total. The van der Waals surface area contributed by atoms with Gasteiger partial charge in [-0.15, -0.1) is 0 Å². The summed E-state index contributed by atoms with van der Waals surface area (Å²) in [7, 11) is 1.64. The Balaban J connectivity index is 2.15. The molecule has 1 aromatic carbocycles. The Morgan fingerprint density at radius 3 is 2.65 bits per heavy atom.